The number of nitrogens with one attached hydrogen (secondary N) is 1. The number of anilines is 1. The Bertz CT molecular complexity index is 443. The van der Waals surface area contributed by atoms with Crippen molar-refractivity contribution in [3.8, 4) is 0 Å². The minimum Gasteiger partial charge on any atom is -0.456 e. The first-order valence-electron chi connectivity index (χ1n) is 6.81. The summed E-state index contributed by atoms with van der Waals surface area (Å²) < 4.78 is 6.10. The van der Waals surface area contributed by atoms with Gasteiger partial charge in [0.1, 0.15) is 5.60 Å². The molecule has 0 saturated heterocycles. The van der Waals surface area contributed by atoms with Gasteiger partial charge in [-0.05, 0) is 37.3 Å². The third-order valence-electron chi connectivity index (χ3n) is 3.90. The van der Waals surface area contributed by atoms with Gasteiger partial charge >= 0.3 is 0 Å². The Morgan fingerprint density at radius 3 is 2.94 bits per heavy atom. The van der Waals surface area contributed by atoms with Gasteiger partial charge in [-0.25, -0.2) is 4.99 Å². The molecule has 0 aromatic heterocycles. The molecule has 1 spiro atoms. The first-order chi connectivity index (χ1) is 8.76. The van der Waals surface area contributed by atoms with Crippen molar-refractivity contribution in [3.05, 3.63) is 30.3 Å². The summed E-state index contributed by atoms with van der Waals surface area (Å²) in [6.07, 6.45) is 4.86. The zero-order chi connectivity index (χ0) is 12.4. The molecule has 0 bridgehead atoms. The molecule has 1 aliphatic heterocycles. The van der Waals surface area contributed by atoms with Crippen LogP contribution in [0, 0.1) is 5.92 Å². The Balaban J connectivity index is 1.64. The van der Waals surface area contributed by atoms with E-state index in [0.29, 0.717) is 6.02 Å². The number of benzene rings is 1. The van der Waals surface area contributed by atoms with Crippen molar-refractivity contribution < 1.29 is 4.74 Å². The van der Waals surface area contributed by atoms with Gasteiger partial charge in [-0.1, -0.05) is 31.5 Å². The molecule has 0 unspecified atom stereocenters. The molecule has 1 N–H and O–H groups in total. The van der Waals surface area contributed by atoms with Crippen molar-refractivity contribution in [1.82, 2.24) is 0 Å². The normalized spacial score (nSPS) is 30.9. The van der Waals surface area contributed by atoms with E-state index in [9.17, 15) is 0 Å². The van der Waals surface area contributed by atoms with Crippen molar-refractivity contribution in [2.75, 3.05) is 11.9 Å². The maximum Gasteiger partial charge on any atom is 0.289 e. The molecule has 3 nitrogen and oxygen atoms in total. The fraction of sp³-hybridized carbons (Fsp3) is 0.533. The van der Waals surface area contributed by atoms with Gasteiger partial charge in [-0.3, -0.25) is 0 Å². The summed E-state index contributed by atoms with van der Waals surface area (Å²) in [7, 11) is 0. The largest absolute Gasteiger partial charge is 0.456 e. The molecule has 2 aliphatic rings. The van der Waals surface area contributed by atoms with E-state index in [4.69, 9.17) is 4.74 Å². The van der Waals surface area contributed by atoms with Crippen LogP contribution in [-0.4, -0.2) is 18.2 Å². The molecular weight excluding hydrogens is 224 g/mol. The number of para-hydroxylation sites is 1. The van der Waals surface area contributed by atoms with Crippen LogP contribution in [0.1, 0.15) is 32.6 Å². The summed E-state index contributed by atoms with van der Waals surface area (Å²) in [5.41, 5.74) is 1.02. The van der Waals surface area contributed by atoms with Crippen LogP contribution in [0.15, 0.2) is 35.3 Å². The molecule has 1 heterocycles. The van der Waals surface area contributed by atoms with Gasteiger partial charge in [0.2, 0.25) is 0 Å². The van der Waals surface area contributed by atoms with Gasteiger partial charge in [0.05, 0.1) is 6.54 Å². The Morgan fingerprint density at radius 1 is 1.33 bits per heavy atom. The van der Waals surface area contributed by atoms with Gasteiger partial charge in [0.25, 0.3) is 6.02 Å². The molecule has 1 aliphatic carbocycles. The van der Waals surface area contributed by atoms with E-state index >= 15 is 0 Å². The third kappa shape index (κ3) is 2.35. The predicted octanol–water partition coefficient (Wildman–Crippen LogP) is 3.43. The summed E-state index contributed by atoms with van der Waals surface area (Å²) >= 11 is 0. The van der Waals surface area contributed by atoms with Crippen LogP contribution >= 0.6 is 0 Å². The molecule has 1 aromatic rings. The molecule has 1 aromatic carbocycles. The second-order valence-electron chi connectivity index (χ2n) is 5.60. The number of amidine groups is 1. The van der Waals surface area contributed by atoms with Gasteiger partial charge in [-0.15, -0.1) is 0 Å². The number of aliphatic imine (C=N–C) groups is 1. The van der Waals surface area contributed by atoms with E-state index in [2.05, 4.69) is 17.2 Å². The summed E-state index contributed by atoms with van der Waals surface area (Å²) in [5.74, 6) is 0.755. The van der Waals surface area contributed by atoms with Crippen LogP contribution in [0.5, 0.6) is 0 Å². The minimum absolute atomic E-state index is 0.0191. The van der Waals surface area contributed by atoms with E-state index in [1.807, 2.05) is 30.3 Å². The lowest BCUT2D eigenvalue weighted by Gasteiger charge is -2.35. The van der Waals surface area contributed by atoms with E-state index in [1.54, 1.807) is 0 Å². The lowest BCUT2D eigenvalue weighted by molar-refractivity contribution is 0.0271. The van der Waals surface area contributed by atoms with Crippen molar-refractivity contribution in [3.63, 3.8) is 0 Å². The number of hydrogen-bond donors (Lipinski definition) is 1. The molecule has 3 heteroatoms. The van der Waals surface area contributed by atoms with Crippen molar-refractivity contribution in [1.29, 1.82) is 0 Å². The highest BCUT2D eigenvalue weighted by molar-refractivity contribution is 5.90. The van der Waals surface area contributed by atoms with Crippen molar-refractivity contribution in [2.24, 2.45) is 10.9 Å². The average molecular weight is 244 g/mol. The van der Waals surface area contributed by atoms with Crippen molar-refractivity contribution in [2.45, 2.75) is 38.2 Å². The molecule has 3 rings (SSSR count). The van der Waals surface area contributed by atoms with Crippen LogP contribution in [0.4, 0.5) is 5.69 Å². The number of ether oxygens (including phenoxy) is 1. The SMILES string of the molecule is C[C@@H]1CCC[C@@]2(CN=C(Nc3ccccc3)O2)C1. The first-order valence-corrected chi connectivity index (χ1v) is 6.81. The molecule has 0 radical (unpaired) electrons. The highest BCUT2D eigenvalue weighted by atomic mass is 16.5. The molecule has 0 amide bonds. The molecule has 1 fully saturated rings. The second kappa shape index (κ2) is 4.63. The highest BCUT2D eigenvalue weighted by Crippen LogP contribution is 2.38. The van der Waals surface area contributed by atoms with E-state index in [1.165, 1.54) is 12.8 Å². The zero-order valence-electron chi connectivity index (χ0n) is 10.9. The lowest BCUT2D eigenvalue weighted by atomic mass is 9.79. The standard InChI is InChI=1S/C15H20N2O/c1-12-6-5-9-15(10-12)11-16-14(18-15)17-13-7-3-2-4-8-13/h2-4,7-8,12H,5-6,9-11H2,1H3,(H,16,17)/t12-,15+/m1/s1. The zero-order valence-corrected chi connectivity index (χ0v) is 10.9. The molecule has 2 atom stereocenters. The van der Waals surface area contributed by atoms with Crippen LogP contribution in [0.2, 0.25) is 0 Å². The van der Waals surface area contributed by atoms with Gasteiger partial charge < -0.3 is 10.1 Å². The molecular formula is C15H20N2O. The summed E-state index contributed by atoms with van der Waals surface area (Å²) in [6.45, 7) is 3.12. The summed E-state index contributed by atoms with van der Waals surface area (Å²) in [4.78, 5) is 4.53. The Kier molecular flexibility index (Phi) is 2.98. The van der Waals surface area contributed by atoms with Crippen LogP contribution < -0.4 is 5.32 Å². The Hall–Kier alpha value is -1.51. The van der Waals surface area contributed by atoms with Crippen LogP contribution in [0.25, 0.3) is 0 Å². The van der Waals surface area contributed by atoms with Gasteiger partial charge in [0.15, 0.2) is 0 Å². The fourth-order valence-corrected chi connectivity index (χ4v) is 3.04. The van der Waals surface area contributed by atoms with Crippen LogP contribution in [0.3, 0.4) is 0 Å². The first kappa shape index (κ1) is 11.6. The van der Waals surface area contributed by atoms with Crippen LogP contribution in [-0.2, 0) is 4.74 Å². The summed E-state index contributed by atoms with van der Waals surface area (Å²) in [6, 6.07) is 10.8. The maximum absolute atomic E-state index is 6.10. The lowest BCUT2D eigenvalue weighted by Crippen LogP contribution is -2.39. The number of nitrogens with zero attached hydrogens (tertiary/aromatic N) is 1. The van der Waals surface area contributed by atoms with E-state index < -0.39 is 0 Å². The minimum atomic E-state index is -0.0191. The maximum atomic E-state index is 6.10. The molecule has 1 saturated carbocycles. The fourth-order valence-electron chi connectivity index (χ4n) is 3.04. The highest BCUT2D eigenvalue weighted by Gasteiger charge is 2.41. The molecule has 96 valence electrons. The topological polar surface area (TPSA) is 33.6 Å². The number of hydrogen-bond acceptors (Lipinski definition) is 3. The monoisotopic (exact) mass is 244 g/mol. The van der Waals surface area contributed by atoms with E-state index in [-0.39, 0.29) is 5.60 Å². The van der Waals surface area contributed by atoms with Crippen molar-refractivity contribution >= 4 is 11.7 Å². The quantitative estimate of drug-likeness (QED) is 0.821. The molecule has 18 heavy (non-hydrogen) atoms. The predicted molar refractivity (Wildman–Crippen MR) is 73.8 cm³/mol. The van der Waals surface area contributed by atoms with E-state index in [0.717, 1.165) is 31.0 Å². The third-order valence-corrected chi connectivity index (χ3v) is 3.90. The average Bonchev–Trinajstić information content (AvgIpc) is 2.73. The Labute approximate surface area is 108 Å². The van der Waals surface area contributed by atoms with Gasteiger partial charge in [-0.2, -0.15) is 0 Å². The summed E-state index contributed by atoms with van der Waals surface area (Å²) in [5, 5.41) is 3.26. The van der Waals surface area contributed by atoms with Gasteiger partial charge in [0, 0.05) is 5.69 Å². The number of rotatable bonds is 1. The second-order valence-corrected chi connectivity index (χ2v) is 5.60. The Morgan fingerprint density at radius 2 is 2.17 bits per heavy atom. The smallest absolute Gasteiger partial charge is 0.289 e.